The van der Waals surface area contributed by atoms with Crippen LogP contribution in [0.15, 0.2) is 18.2 Å². The van der Waals surface area contributed by atoms with E-state index in [1.165, 1.54) is 0 Å². The quantitative estimate of drug-likeness (QED) is 0.745. The Morgan fingerprint density at radius 2 is 2.21 bits per heavy atom. The number of hydrogen-bond acceptors (Lipinski definition) is 4. The lowest BCUT2D eigenvalue weighted by Gasteiger charge is -2.03. The molecular formula is C9H13N5. The van der Waals surface area contributed by atoms with Crippen molar-refractivity contribution in [1.29, 1.82) is 0 Å². The summed E-state index contributed by atoms with van der Waals surface area (Å²) in [7, 11) is 3.96. The first-order valence-corrected chi connectivity index (χ1v) is 4.41. The minimum Gasteiger partial charge on any atom is -0.384 e. The molecule has 0 amide bonds. The van der Waals surface area contributed by atoms with E-state index in [9.17, 15) is 0 Å². The zero-order chi connectivity index (χ0) is 10.1. The molecule has 2 heterocycles. The first-order chi connectivity index (χ1) is 6.66. The van der Waals surface area contributed by atoms with Gasteiger partial charge in [0.05, 0.1) is 6.54 Å². The molecule has 0 aliphatic rings. The smallest absolute Gasteiger partial charge is 0.165 e. The van der Waals surface area contributed by atoms with Crippen LogP contribution in [-0.4, -0.2) is 33.6 Å². The number of pyridine rings is 1. The average Bonchev–Trinajstić information content (AvgIpc) is 2.47. The third-order valence-electron chi connectivity index (χ3n) is 1.89. The molecule has 0 aliphatic carbocycles. The van der Waals surface area contributed by atoms with Gasteiger partial charge < -0.3 is 10.6 Å². The minimum absolute atomic E-state index is 0.611. The van der Waals surface area contributed by atoms with Crippen LogP contribution in [0, 0.1) is 0 Å². The van der Waals surface area contributed by atoms with Crippen LogP contribution < -0.4 is 5.73 Å². The first kappa shape index (κ1) is 8.96. The van der Waals surface area contributed by atoms with Crippen LogP contribution in [0.3, 0.4) is 0 Å². The van der Waals surface area contributed by atoms with Gasteiger partial charge in [-0.3, -0.25) is 0 Å². The van der Waals surface area contributed by atoms with Crippen molar-refractivity contribution in [3.8, 4) is 0 Å². The molecule has 0 radical (unpaired) electrons. The van der Waals surface area contributed by atoms with Crippen LogP contribution in [-0.2, 0) is 6.54 Å². The molecular weight excluding hydrogens is 178 g/mol. The minimum atomic E-state index is 0.611. The monoisotopic (exact) mass is 191 g/mol. The van der Waals surface area contributed by atoms with E-state index in [0.717, 1.165) is 18.0 Å². The fourth-order valence-corrected chi connectivity index (χ4v) is 1.32. The van der Waals surface area contributed by atoms with Crippen molar-refractivity contribution < 1.29 is 0 Å². The molecule has 5 heteroatoms. The normalized spacial score (nSPS) is 11.4. The number of hydrogen-bond donors (Lipinski definition) is 1. The highest BCUT2D eigenvalue weighted by molar-refractivity contribution is 5.45. The van der Waals surface area contributed by atoms with Gasteiger partial charge in [0, 0.05) is 0 Å². The maximum Gasteiger partial charge on any atom is 0.165 e. The molecule has 74 valence electrons. The summed E-state index contributed by atoms with van der Waals surface area (Å²) in [6.45, 7) is 0.723. The number of fused-ring (bicyclic) bond motifs is 1. The fourth-order valence-electron chi connectivity index (χ4n) is 1.32. The maximum absolute atomic E-state index is 5.75. The lowest BCUT2D eigenvalue weighted by atomic mass is 10.4. The Hall–Kier alpha value is -1.62. The molecule has 2 rings (SSSR count). The molecule has 0 atom stereocenters. The van der Waals surface area contributed by atoms with Gasteiger partial charge >= 0.3 is 0 Å². The third kappa shape index (κ3) is 1.54. The topological polar surface area (TPSA) is 59.5 Å². The molecule has 0 unspecified atom stereocenters. The molecule has 0 saturated heterocycles. The standard InChI is InChI=1S/C9H13N5/c1-13(2)6-8-11-9-5-3-4-7(10)14(9)12-8/h3-5H,6,10H2,1-2H3. The second-order valence-corrected chi connectivity index (χ2v) is 3.49. The van der Waals surface area contributed by atoms with Crippen molar-refractivity contribution in [2.75, 3.05) is 19.8 Å². The molecule has 14 heavy (non-hydrogen) atoms. The van der Waals surface area contributed by atoms with E-state index >= 15 is 0 Å². The number of nitrogens with zero attached hydrogens (tertiary/aromatic N) is 4. The highest BCUT2D eigenvalue weighted by Crippen LogP contribution is 2.07. The number of nitrogen functional groups attached to an aromatic ring is 1. The van der Waals surface area contributed by atoms with Gasteiger partial charge in [-0.2, -0.15) is 4.52 Å². The molecule has 0 aliphatic heterocycles. The molecule has 0 saturated carbocycles. The number of aromatic nitrogens is 3. The lowest BCUT2D eigenvalue weighted by Crippen LogP contribution is -2.12. The van der Waals surface area contributed by atoms with E-state index in [0.29, 0.717) is 5.82 Å². The zero-order valence-electron chi connectivity index (χ0n) is 8.31. The summed E-state index contributed by atoms with van der Waals surface area (Å²) in [5.74, 6) is 1.40. The number of nitrogens with two attached hydrogens (primary N) is 1. The van der Waals surface area contributed by atoms with Crippen LogP contribution >= 0.6 is 0 Å². The van der Waals surface area contributed by atoms with Crippen LogP contribution in [0.4, 0.5) is 5.82 Å². The summed E-state index contributed by atoms with van der Waals surface area (Å²) >= 11 is 0. The molecule has 2 N–H and O–H groups in total. The predicted molar refractivity (Wildman–Crippen MR) is 54.8 cm³/mol. The van der Waals surface area contributed by atoms with Crippen LogP contribution in [0.1, 0.15) is 5.82 Å². The van der Waals surface area contributed by atoms with Crippen LogP contribution in [0.5, 0.6) is 0 Å². The van der Waals surface area contributed by atoms with Gasteiger partial charge in [-0.15, -0.1) is 5.10 Å². The molecule has 0 fully saturated rings. The van der Waals surface area contributed by atoms with Crippen LogP contribution in [0.25, 0.3) is 5.65 Å². The average molecular weight is 191 g/mol. The Labute approximate surface area is 82.2 Å². The van der Waals surface area contributed by atoms with Gasteiger partial charge in [0.1, 0.15) is 5.82 Å². The van der Waals surface area contributed by atoms with Crippen LogP contribution in [0.2, 0.25) is 0 Å². The Kier molecular flexibility index (Phi) is 2.09. The van der Waals surface area contributed by atoms with E-state index in [-0.39, 0.29) is 0 Å². The van der Waals surface area contributed by atoms with Crippen molar-refractivity contribution in [2.45, 2.75) is 6.54 Å². The molecule has 2 aromatic heterocycles. The fraction of sp³-hybridized carbons (Fsp3) is 0.333. The summed E-state index contributed by atoms with van der Waals surface area (Å²) in [4.78, 5) is 6.36. The van der Waals surface area contributed by atoms with E-state index in [2.05, 4.69) is 10.1 Å². The number of rotatable bonds is 2. The molecule has 2 aromatic rings. The van der Waals surface area contributed by atoms with Gasteiger partial charge in [0.2, 0.25) is 0 Å². The Morgan fingerprint density at radius 1 is 1.43 bits per heavy atom. The van der Waals surface area contributed by atoms with Gasteiger partial charge in [0.25, 0.3) is 0 Å². The van der Waals surface area contributed by atoms with Crippen molar-refractivity contribution in [1.82, 2.24) is 19.5 Å². The summed E-state index contributed by atoms with van der Waals surface area (Å²) in [5, 5.41) is 4.29. The third-order valence-corrected chi connectivity index (χ3v) is 1.89. The molecule has 0 spiro atoms. The van der Waals surface area contributed by atoms with E-state index < -0.39 is 0 Å². The summed E-state index contributed by atoms with van der Waals surface area (Å²) in [6, 6.07) is 5.57. The molecule has 0 aromatic carbocycles. The Balaban J connectivity index is 2.46. The molecule has 0 bridgehead atoms. The second-order valence-electron chi connectivity index (χ2n) is 3.49. The first-order valence-electron chi connectivity index (χ1n) is 4.41. The zero-order valence-corrected chi connectivity index (χ0v) is 8.31. The SMILES string of the molecule is CN(C)Cc1nc2cccc(N)n2n1. The predicted octanol–water partition coefficient (Wildman–Crippen LogP) is 0.373. The maximum atomic E-state index is 5.75. The van der Waals surface area contributed by atoms with Gasteiger partial charge in [-0.1, -0.05) is 6.07 Å². The van der Waals surface area contributed by atoms with Crippen molar-refractivity contribution in [3.05, 3.63) is 24.0 Å². The highest BCUT2D eigenvalue weighted by Gasteiger charge is 2.05. The highest BCUT2D eigenvalue weighted by atomic mass is 15.3. The van der Waals surface area contributed by atoms with E-state index in [1.54, 1.807) is 10.6 Å². The Morgan fingerprint density at radius 3 is 2.86 bits per heavy atom. The summed E-state index contributed by atoms with van der Waals surface area (Å²) in [5.41, 5.74) is 6.54. The van der Waals surface area contributed by atoms with Gasteiger partial charge in [-0.25, -0.2) is 4.98 Å². The summed E-state index contributed by atoms with van der Waals surface area (Å²) in [6.07, 6.45) is 0. The van der Waals surface area contributed by atoms with Crippen molar-refractivity contribution in [3.63, 3.8) is 0 Å². The second kappa shape index (κ2) is 3.26. The van der Waals surface area contributed by atoms with Crippen molar-refractivity contribution in [2.24, 2.45) is 0 Å². The van der Waals surface area contributed by atoms with E-state index in [4.69, 9.17) is 5.73 Å². The van der Waals surface area contributed by atoms with E-state index in [1.807, 2.05) is 31.1 Å². The van der Waals surface area contributed by atoms with Gasteiger partial charge in [0.15, 0.2) is 11.5 Å². The largest absolute Gasteiger partial charge is 0.384 e. The lowest BCUT2D eigenvalue weighted by molar-refractivity contribution is 0.390. The van der Waals surface area contributed by atoms with Crippen molar-refractivity contribution >= 4 is 11.5 Å². The summed E-state index contributed by atoms with van der Waals surface area (Å²) < 4.78 is 1.65. The molecule has 5 nitrogen and oxygen atoms in total. The Bertz CT molecular complexity index is 445. The number of anilines is 1. The van der Waals surface area contributed by atoms with Gasteiger partial charge in [-0.05, 0) is 26.2 Å².